The lowest BCUT2D eigenvalue weighted by atomic mass is 9.92. The van der Waals surface area contributed by atoms with Crippen molar-refractivity contribution in [2.24, 2.45) is 0 Å². The van der Waals surface area contributed by atoms with E-state index in [4.69, 9.17) is 11.6 Å². The second-order valence-corrected chi connectivity index (χ2v) is 8.07. The van der Waals surface area contributed by atoms with Crippen molar-refractivity contribution in [1.82, 2.24) is 15.1 Å². The number of amides is 4. The Balaban J connectivity index is 1.70. The van der Waals surface area contributed by atoms with Crippen LogP contribution in [-0.4, -0.2) is 41.2 Å². The van der Waals surface area contributed by atoms with E-state index in [9.17, 15) is 14.4 Å². The molecule has 1 N–H and O–H groups in total. The SMILES string of the molecule is CN(Cc1ccc(Cl)s1)C(=O)CN1C(=O)N[C@](C)(c2ccccc2)C1=O. The lowest BCUT2D eigenvalue weighted by molar-refractivity contribution is -0.138. The van der Waals surface area contributed by atoms with E-state index in [1.807, 2.05) is 12.1 Å². The van der Waals surface area contributed by atoms with Gasteiger partial charge in [0, 0.05) is 11.9 Å². The molecule has 1 aliphatic rings. The maximum atomic E-state index is 12.8. The van der Waals surface area contributed by atoms with Crippen LogP contribution in [0.15, 0.2) is 42.5 Å². The standard InChI is InChI=1S/C18H18ClN3O3S/c1-18(12-6-4-3-5-7-12)16(24)22(17(25)20-18)11-15(23)21(2)10-13-8-9-14(19)26-13/h3-9H,10-11H2,1-2H3,(H,20,25)/t18-/m1/s1. The van der Waals surface area contributed by atoms with Crippen molar-refractivity contribution < 1.29 is 14.4 Å². The number of benzene rings is 1. The third kappa shape index (κ3) is 3.45. The molecule has 4 amide bonds. The number of nitrogens with zero attached hydrogens (tertiary/aromatic N) is 2. The Morgan fingerprint density at radius 1 is 1.23 bits per heavy atom. The molecule has 0 spiro atoms. The summed E-state index contributed by atoms with van der Waals surface area (Å²) in [6.45, 7) is 1.71. The van der Waals surface area contributed by atoms with E-state index in [0.29, 0.717) is 16.4 Å². The van der Waals surface area contributed by atoms with Crippen LogP contribution < -0.4 is 5.32 Å². The highest BCUT2D eigenvalue weighted by molar-refractivity contribution is 7.16. The molecule has 26 heavy (non-hydrogen) atoms. The fraction of sp³-hybridized carbons (Fsp3) is 0.278. The van der Waals surface area contributed by atoms with E-state index in [0.717, 1.165) is 9.78 Å². The van der Waals surface area contributed by atoms with Crippen molar-refractivity contribution >= 4 is 40.8 Å². The number of thiophene rings is 1. The summed E-state index contributed by atoms with van der Waals surface area (Å²) in [5.41, 5.74) is -0.492. The zero-order chi connectivity index (χ0) is 18.9. The van der Waals surface area contributed by atoms with Gasteiger partial charge in [0.15, 0.2) is 0 Å². The Labute approximate surface area is 160 Å². The number of carbonyl (C=O) groups excluding carboxylic acids is 3. The number of carbonyl (C=O) groups is 3. The minimum absolute atomic E-state index is 0.303. The van der Waals surface area contributed by atoms with Gasteiger partial charge in [-0.3, -0.25) is 14.5 Å². The Morgan fingerprint density at radius 2 is 1.92 bits per heavy atom. The van der Waals surface area contributed by atoms with Gasteiger partial charge in [-0.2, -0.15) is 0 Å². The molecule has 1 aromatic heterocycles. The van der Waals surface area contributed by atoms with Crippen LogP contribution in [0.5, 0.6) is 0 Å². The van der Waals surface area contributed by atoms with Gasteiger partial charge in [-0.15, -0.1) is 11.3 Å². The van der Waals surface area contributed by atoms with Crippen LogP contribution >= 0.6 is 22.9 Å². The highest BCUT2D eigenvalue weighted by Crippen LogP contribution is 2.28. The van der Waals surface area contributed by atoms with Crippen LogP contribution in [0.4, 0.5) is 4.79 Å². The van der Waals surface area contributed by atoms with Gasteiger partial charge < -0.3 is 10.2 Å². The van der Waals surface area contributed by atoms with Crippen LogP contribution in [0.25, 0.3) is 0 Å². The molecule has 1 saturated heterocycles. The normalized spacial score (nSPS) is 19.6. The summed E-state index contributed by atoms with van der Waals surface area (Å²) in [7, 11) is 1.63. The summed E-state index contributed by atoms with van der Waals surface area (Å²) < 4.78 is 0.647. The second kappa shape index (κ2) is 7.09. The summed E-state index contributed by atoms with van der Waals surface area (Å²) in [6, 6.07) is 12.0. The summed E-state index contributed by atoms with van der Waals surface area (Å²) in [4.78, 5) is 41.0. The number of nitrogens with one attached hydrogen (secondary N) is 1. The van der Waals surface area contributed by atoms with Crippen LogP contribution in [0, 0.1) is 0 Å². The van der Waals surface area contributed by atoms with Crippen molar-refractivity contribution in [3.63, 3.8) is 0 Å². The van der Waals surface area contributed by atoms with Crippen molar-refractivity contribution in [1.29, 1.82) is 0 Å². The van der Waals surface area contributed by atoms with Crippen molar-refractivity contribution in [2.45, 2.75) is 19.0 Å². The molecule has 8 heteroatoms. The maximum Gasteiger partial charge on any atom is 0.325 e. The van der Waals surface area contributed by atoms with Gasteiger partial charge in [0.25, 0.3) is 5.91 Å². The molecule has 136 valence electrons. The third-order valence-corrected chi connectivity index (χ3v) is 5.58. The fourth-order valence-corrected chi connectivity index (χ4v) is 3.96. The lowest BCUT2D eigenvalue weighted by Gasteiger charge is -2.23. The van der Waals surface area contributed by atoms with E-state index in [-0.39, 0.29) is 12.5 Å². The molecule has 0 aliphatic carbocycles. The molecule has 2 aromatic rings. The summed E-state index contributed by atoms with van der Waals surface area (Å²) in [5.74, 6) is -0.759. The molecule has 1 fully saturated rings. The van der Waals surface area contributed by atoms with Crippen molar-refractivity contribution in [3.8, 4) is 0 Å². The monoisotopic (exact) mass is 391 g/mol. The van der Waals surface area contributed by atoms with E-state index in [1.165, 1.54) is 16.2 Å². The second-order valence-electron chi connectivity index (χ2n) is 6.27. The molecule has 0 bridgehead atoms. The van der Waals surface area contributed by atoms with Crippen LogP contribution in [0.1, 0.15) is 17.4 Å². The van der Waals surface area contributed by atoms with Crippen LogP contribution in [0.2, 0.25) is 4.34 Å². The molecule has 6 nitrogen and oxygen atoms in total. The Morgan fingerprint density at radius 3 is 2.54 bits per heavy atom. The first kappa shape index (κ1) is 18.4. The van der Waals surface area contributed by atoms with Gasteiger partial charge in [-0.05, 0) is 24.6 Å². The number of urea groups is 1. The van der Waals surface area contributed by atoms with Crippen LogP contribution in [-0.2, 0) is 21.7 Å². The number of likely N-dealkylation sites (N-methyl/N-ethyl adjacent to an activating group) is 1. The highest BCUT2D eigenvalue weighted by Gasteiger charge is 2.49. The summed E-state index contributed by atoms with van der Waals surface area (Å²) in [5, 5.41) is 2.70. The number of hydrogen-bond donors (Lipinski definition) is 1. The maximum absolute atomic E-state index is 12.8. The minimum Gasteiger partial charge on any atom is -0.339 e. The van der Waals surface area contributed by atoms with Gasteiger partial charge in [0.1, 0.15) is 12.1 Å². The van der Waals surface area contributed by atoms with E-state index in [1.54, 1.807) is 44.3 Å². The predicted octanol–water partition coefficient (Wildman–Crippen LogP) is 2.83. The Kier molecular flexibility index (Phi) is 5.02. The molecule has 0 radical (unpaired) electrons. The van der Waals surface area contributed by atoms with Crippen molar-refractivity contribution in [2.75, 3.05) is 13.6 Å². The first-order chi connectivity index (χ1) is 12.3. The first-order valence-corrected chi connectivity index (χ1v) is 9.18. The highest BCUT2D eigenvalue weighted by atomic mass is 35.5. The Hall–Kier alpha value is -2.38. The van der Waals surface area contributed by atoms with E-state index in [2.05, 4.69) is 5.32 Å². The summed E-state index contributed by atoms with van der Waals surface area (Å²) >= 11 is 7.28. The molecular weight excluding hydrogens is 374 g/mol. The van der Waals surface area contributed by atoms with E-state index < -0.39 is 17.5 Å². The predicted molar refractivity (Wildman–Crippen MR) is 99.8 cm³/mol. The smallest absolute Gasteiger partial charge is 0.325 e. The molecule has 0 unspecified atom stereocenters. The molecular formula is C18H18ClN3O3S. The molecule has 1 aromatic carbocycles. The number of halogens is 1. The van der Waals surface area contributed by atoms with Gasteiger partial charge in [0.05, 0.1) is 10.9 Å². The molecule has 1 aliphatic heterocycles. The fourth-order valence-electron chi connectivity index (χ4n) is 2.82. The zero-order valence-corrected chi connectivity index (χ0v) is 15.9. The van der Waals surface area contributed by atoms with E-state index >= 15 is 0 Å². The van der Waals surface area contributed by atoms with Gasteiger partial charge in [-0.1, -0.05) is 41.9 Å². The third-order valence-electron chi connectivity index (χ3n) is 4.37. The van der Waals surface area contributed by atoms with Gasteiger partial charge >= 0.3 is 6.03 Å². The average Bonchev–Trinajstić information content (AvgIpc) is 3.12. The lowest BCUT2D eigenvalue weighted by Crippen LogP contribution is -2.43. The molecule has 3 rings (SSSR count). The largest absolute Gasteiger partial charge is 0.339 e. The first-order valence-electron chi connectivity index (χ1n) is 7.99. The molecule has 1 atom stereocenters. The number of rotatable bonds is 5. The van der Waals surface area contributed by atoms with Gasteiger partial charge in [-0.25, -0.2) is 4.79 Å². The number of hydrogen-bond acceptors (Lipinski definition) is 4. The minimum atomic E-state index is -1.17. The number of imide groups is 1. The molecule has 0 saturated carbocycles. The van der Waals surface area contributed by atoms with Crippen molar-refractivity contribution in [3.05, 3.63) is 57.2 Å². The topological polar surface area (TPSA) is 69.7 Å². The molecule has 2 heterocycles. The zero-order valence-electron chi connectivity index (χ0n) is 14.4. The van der Waals surface area contributed by atoms with Gasteiger partial charge in [0.2, 0.25) is 5.91 Å². The summed E-state index contributed by atoms with van der Waals surface area (Å²) in [6.07, 6.45) is 0. The average molecular weight is 392 g/mol. The van der Waals surface area contributed by atoms with Crippen LogP contribution in [0.3, 0.4) is 0 Å². The quantitative estimate of drug-likeness (QED) is 0.797. The Bertz CT molecular complexity index is 854.